The van der Waals surface area contributed by atoms with Gasteiger partial charge in [-0.25, -0.2) is 4.79 Å². The third-order valence-electron chi connectivity index (χ3n) is 2.37. The maximum Gasteiger partial charge on any atom is 0.490 e. The monoisotopic (exact) mass is 242 g/mol. The highest BCUT2D eigenvalue weighted by molar-refractivity contribution is 5.73. The molecule has 0 aromatic carbocycles. The van der Waals surface area contributed by atoms with E-state index in [0.717, 1.165) is 26.1 Å². The van der Waals surface area contributed by atoms with Crippen molar-refractivity contribution in [3.05, 3.63) is 0 Å². The van der Waals surface area contributed by atoms with E-state index in [0.29, 0.717) is 0 Å². The van der Waals surface area contributed by atoms with Crippen molar-refractivity contribution in [2.75, 3.05) is 19.7 Å². The van der Waals surface area contributed by atoms with Crippen molar-refractivity contribution in [1.29, 1.82) is 0 Å². The summed E-state index contributed by atoms with van der Waals surface area (Å²) < 4.78 is 37.2. The number of nitrogens with two attached hydrogens (primary N) is 1. The predicted molar refractivity (Wildman–Crippen MR) is 47.8 cm³/mol. The molecule has 2 fully saturated rings. The normalized spacial score (nSPS) is 26.9. The van der Waals surface area contributed by atoms with Crippen LogP contribution in [0.2, 0.25) is 0 Å². The number of halogens is 3. The number of ether oxygens (including phenoxy) is 1. The van der Waals surface area contributed by atoms with Gasteiger partial charge in [0.05, 0.1) is 12.2 Å². The van der Waals surface area contributed by atoms with Crippen LogP contribution in [-0.2, 0) is 9.53 Å². The lowest BCUT2D eigenvalue weighted by Gasteiger charge is -2.37. The summed E-state index contributed by atoms with van der Waals surface area (Å²) in [5.41, 5.74) is 5.82. The molecule has 5 nitrogen and oxygen atoms in total. The highest BCUT2D eigenvalue weighted by Crippen LogP contribution is 2.28. The smallest absolute Gasteiger partial charge is 0.475 e. The molecular formula is C8H13F3N2O3. The van der Waals surface area contributed by atoms with E-state index in [4.69, 9.17) is 20.4 Å². The Balaban J connectivity index is 0.000000168. The lowest BCUT2D eigenvalue weighted by molar-refractivity contribution is -0.192. The first-order chi connectivity index (χ1) is 7.25. The number of rotatable bonds is 0. The van der Waals surface area contributed by atoms with Crippen LogP contribution < -0.4 is 11.1 Å². The van der Waals surface area contributed by atoms with Gasteiger partial charge in [0.2, 0.25) is 0 Å². The molecule has 0 radical (unpaired) electrons. The van der Waals surface area contributed by atoms with Crippen LogP contribution in [-0.4, -0.2) is 48.6 Å². The predicted octanol–water partition coefficient (Wildman–Crippen LogP) is -0.291. The Morgan fingerprint density at radius 2 is 2.00 bits per heavy atom. The van der Waals surface area contributed by atoms with Crippen LogP contribution in [0, 0.1) is 0 Å². The molecule has 2 aliphatic rings. The molecule has 0 aromatic rings. The largest absolute Gasteiger partial charge is 0.490 e. The minimum Gasteiger partial charge on any atom is -0.475 e. The summed E-state index contributed by atoms with van der Waals surface area (Å²) in [5, 5.41) is 10.3. The Labute approximate surface area is 89.7 Å². The van der Waals surface area contributed by atoms with Gasteiger partial charge >= 0.3 is 12.1 Å². The van der Waals surface area contributed by atoms with Crippen LogP contribution in [0.5, 0.6) is 0 Å². The number of carboxylic acids is 1. The molecule has 8 heteroatoms. The Bertz CT molecular complexity index is 266. The first kappa shape index (κ1) is 13.2. The highest BCUT2D eigenvalue weighted by atomic mass is 19.4. The number of carboxylic acid groups (broad SMARTS) is 1. The van der Waals surface area contributed by atoms with Crippen molar-refractivity contribution in [1.82, 2.24) is 5.32 Å². The molecule has 2 rings (SSSR count). The van der Waals surface area contributed by atoms with E-state index in [1.54, 1.807) is 0 Å². The van der Waals surface area contributed by atoms with Crippen LogP contribution in [0.1, 0.15) is 6.42 Å². The summed E-state index contributed by atoms with van der Waals surface area (Å²) in [4.78, 5) is 8.90. The molecule has 0 saturated carbocycles. The van der Waals surface area contributed by atoms with E-state index in [1.165, 1.54) is 0 Å². The van der Waals surface area contributed by atoms with E-state index in [9.17, 15) is 13.2 Å². The number of hydrogen-bond acceptors (Lipinski definition) is 4. The Morgan fingerprint density at radius 1 is 1.50 bits per heavy atom. The number of aliphatic carboxylic acids is 1. The zero-order valence-electron chi connectivity index (χ0n) is 8.38. The van der Waals surface area contributed by atoms with Gasteiger partial charge in [-0.1, -0.05) is 0 Å². The van der Waals surface area contributed by atoms with Crippen molar-refractivity contribution in [2.45, 2.75) is 24.2 Å². The van der Waals surface area contributed by atoms with Gasteiger partial charge in [-0.05, 0) is 6.42 Å². The van der Waals surface area contributed by atoms with Crippen LogP contribution in [0.3, 0.4) is 0 Å². The zero-order valence-corrected chi connectivity index (χ0v) is 8.38. The van der Waals surface area contributed by atoms with Gasteiger partial charge in [0.25, 0.3) is 0 Å². The second-order valence-electron chi connectivity index (χ2n) is 3.86. The van der Waals surface area contributed by atoms with Gasteiger partial charge in [-0.15, -0.1) is 0 Å². The number of alkyl halides is 3. The summed E-state index contributed by atoms with van der Waals surface area (Å²) >= 11 is 0. The Kier molecular flexibility index (Phi) is 3.76. The standard InChI is InChI=1S/C6H12N2O.C2HF3O2/c7-5-1-6(9-2-5)3-8-4-6;3-2(4,5)1(6)7/h5,8H,1-4,7H2;(H,6,7). The molecule has 94 valence electrons. The summed E-state index contributed by atoms with van der Waals surface area (Å²) in [6.45, 7) is 2.75. The molecule has 2 heterocycles. The minimum absolute atomic E-state index is 0.152. The van der Waals surface area contributed by atoms with Crippen molar-refractivity contribution in [3.8, 4) is 0 Å². The van der Waals surface area contributed by atoms with Gasteiger partial charge < -0.3 is 20.9 Å². The van der Waals surface area contributed by atoms with E-state index >= 15 is 0 Å². The first-order valence-electron chi connectivity index (χ1n) is 4.66. The molecule has 0 aliphatic carbocycles. The van der Waals surface area contributed by atoms with E-state index < -0.39 is 12.1 Å². The zero-order chi connectivity index (χ0) is 12.4. The molecular weight excluding hydrogens is 229 g/mol. The topological polar surface area (TPSA) is 84.6 Å². The third-order valence-corrected chi connectivity index (χ3v) is 2.37. The highest BCUT2D eigenvalue weighted by Gasteiger charge is 2.43. The molecule has 2 saturated heterocycles. The van der Waals surface area contributed by atoms with Gasteiger partial charge in [-0.3, -0.25) is 0 Å². The second kappa shape index (κ2) is 4.56. The number of carbonyl (C=O) groups is 1. The summed E-state index contributed by atoms with van der Waals surface area (Å²) in [6.07, 6.45) is -4.04. The van der Waals surface area contributed by atoms with Crippen molar-refractivity contribution >= 4 is 5.97 Å². The SMILES string of the molecule is NC1COC2(CNC2)C1.O=C(O)C(F)(F)F. The van der Waals surface area contributed by atoms with Crippen LogP contribution in [0.25, 0.3) is 0 Å². The molecule has 0 aromatic heterocycles. The van der Waals surface area contributed by atoms with Crippen molar-refractivity contribution in [3.63, 3.8) is 0 Å². The fraction of sp³-hybridized carbons (Fsp3) is 0.875. The third kappa shape index (κ3) is 3.32. The molecule has 1 spiro atoms. The summed E-state index contributed by atoms with van der Waals surface area (Å²) in [7, 11) is 0. The van der Waals surface area contributed by atoms with E-state index in [-0.39, 0.29) is 11.6 Å². The Morgan fingerprint density at radius 3 is 2.12 bits per heavy atom. The second-order valence-corrected chi connectivity index (χ2v) is 3.86. The molecule has 0 amide bonds. The summed E-state index contributed by atoms with van der Waals surface area (Å²) in [5.74, 6) is -2.76. The molecule has 1 atom stereocenters. The van der Waals surface area contributed by atoms with E-state index in [2.05, 4.69) is 5.32 Å². The maximum atomic E-state index is 10.6. The van der Waals surface area contributed by atoms with Gasteiger partial charge in [0.15, 0.2) is 0 Å². The number of hydrogen-bond donors (Lipinski definition) is 3. The lowest BCUT2D eigenvalue weighted by Crippen LogP contribution is -2.59. The molecule has 16 heavy (non-hydrogen) atoms. The molecule has 0 bridgehead atoms. The Hall–Kier alpha value is -0.860. The fourth-order valence-electron chi connectivity index (χ4n) is 1.53. The van der Waals surface area contributed by atoms with Gasteiger partial charge in [0.1, 0.15) is 0 Å². The van der Waals surface area contributed by atoms with Crippen LogP contribution >= 0.6 is 0 Å². The number of nitrogens with one attached hydrogen (secondary N) is 1. The van der Waals surface area contributed by atoms with Crippen molar-refractivity contribution < 1.29 is 27.8 Å². The average Bonchev–Trinajstić information content (AvgIpc) is 2.46. The minimum atomic E-state index is -5.08. The van der Waals surface area contributed by atoms with Crippen LogP contribution in [0.4, 0.5) is 13.2 Å². The maximum absolute atomic E-state index is 10.6. The van der Waals surface area contributed by atoms with Gasteiger partial charge in [-0.2, -0.15) is 13.2 Å². The quantitative estimate of drug-likeness (QED) is 0.543. The van der Waals surface area contributed by atoms with E-state index in [1.807, 2.05) is 0 Å². The van der Waals surface area contributed by atoms with Gasteiger partial charge in [0, 0.05) is 19.1 Å². The molecule has 2 aliphatic heterocycles. The molecule has 4 N–H and O–H groups in total. The summed E-state index contributed by atoms with van der Waals surface area (Å²) in [6, 6.07) is 0.284. The average molecular weight is 242 g/mol. The van der Waals surface area contributed by atoms with Crippen LogP contribution in [0.15, 0.2) is 0 Å². The first-order valence-corrected chi connectivity index (χ1v) is 4.66. The van der Waals surface area contributed by atoms with Crippen molar-refractivity contribution in [2.24, 2.45) is 5.73 Å². The molecule has 1 unspecified atom stereocenters. The fourth-order valence-corrected chi connectivity index (χ4v) is 1.53. The lowest BCUT2D eigenvalue weighted by atomic mass is 9.92.